The van der Waals surface area contributed by atoms with Crippen LogP contribution in [-0.2, 0) is 0 Å². The lowest BCUT2D eigenvalue weighted by Crippen LogP contribution is -2.13. The summed E-state index contributed by atoms with van der Waals surface area (Å²) in [5.41, 5.74) is 2.13. The van der Waals surface area contributed by atoms with Gasteiger partial charge in [-0.1, -0.05) is 6.07 Å². The number of nitrogens with one attached hydrogen (secondary N) is 1. The van der Waals surface area contributed by atoms with Crippen molar-refractivity contribution in [3.05, 3.63) is 47.3 Å². The Hall–Kier alpha value is -2.56. The molecule has 0 bridgehead atoms. The number of hydrogen-bond donors (Lipinski definition) is 3. The lowest BCUT2D eigenvalue weighted by molar-refractivity contribution is 0.102. The molecule has 2 rings (SSSR count). The first kappa shape index (κ1) is 12.9. The Labute approximate surface area is 110 Å². The van der Waals surface area contributed by atoms with Gasteiger partial charge in [0.15, 0.2) is 11.5 Å². The molecule has 98 valence electrons. The Balaban J connectivity index is 2.28. The number of rotatable bonds is 2. The van der Waals surface area contributed by atoms with Crippen molar-refractivity contribution < 1.29 is 15.0 Å². The van der Waals surface area contributed by atoms with Crippen molar-refractivity contribution in [3.8, 4) is 11.5 Å². The Morgan fingerprint density at radius 1 is 1.16 bits per heavy atom. The minimum absolute atomic E-state index is 0.0139. The number of anilines is 1. The number of benzene rings is 1. The first-order chi connectivity index (χ1) is 8.99. The van der Waals surface area contributed by atoms with E-state index in [9.17, 15) is 15.0 Å². The quantitative estimate of drug-likeness (QED) is 0.722. The van der Waals surface area contributed by atoms with Gasteiger partial charge < -0.3 is 15.5 Å². The number of aryl methyl sites for hydroxylation is 2. The van der Waals surface area contributed by atoms with Gasteiger partial charge in [-0.05, 0) is 38.1 Å². The molecule has 1 aromatic heterocycles. The van der Waals surface area contributed by atoms with Crippen LogP contribution in [0.1, 0.15) is 21.7 Å². The summed E-state index contributed by atoms with van der Waals surface area (Å²) in [5.74, 6) is -1.26. The molecule has 0 aliphatic heterocycles. The van der Waals surface area contributed by atoms with Crippen molar-refractivity contribution in [1.29, 1.82) is 0 Å². The van der Waals surface area contributed by atoms with E-state index in [0.29, 0.717) is 11.4 Å². The van der Waals surface area contributed by atoms with Gasteiger partial charge >= 0.3 is 0 Å². The normalized spacial score (nSPS) is 10.2. The third-order valence-corrected chi connectivity index (χ3v) is 2.73. The van der Waals surface area contributed by atoms with E-state index >= 15 is 0 Å². The number of aromatic nitrogens is 1. The van der Waals surface area contributed by atoms with Crippen LogP contribution in [0.25, 0.3) is 0 Å². The molecule has 5 heteroatoms. The van der Waals surface area contributed by atoms with Crippen molar-refractivity contribution >= 4 is 11.6 Å². The fraction of sp³-hybridized carbons (Fsp3) is 0.143. The van der Waals surface area contributed by atoms with Crippen LogP contribution in [0.5, 0.6) is 11.5 Å². The number of carbonyl (C=O) groups excluding carboxylic acids is 1. The van der Waals surface area contributed by atoms with E-state index in [0.717, 1.165) is 5.69 Å². The van der Waals surface area contributed by atoms with Gasteiger partial charge in [0.1, 0.15) is 0 Å². The number of carbonyl (C=O) groups is 1. The summed E-state index contributed by atoms with van der Waals surface area (Å²) in [7, 11) is 0. The number of nitrogens with zero attached hydrogens (tertiary/aromatic N) is 1. The number of pyridine rings is 1. The van der Waals surface area contributed by atoms with Gasteiger partial charge in [-0.2, -0.15) is 0 Å². The van der Waals surface area contributed by atoms with Gasteiger partial charge in [0, 0.05) is 5.69 Å². The second-order valence-electron chi connectivity index (χ2n) is 4.21. The molecule has 0 fully saturated rings. The molecule has 5 nitrogen and oxygen atoms in total. The number of phenols is 2. The highest BCUT2D eigenvalue weighted by atomic mass is 16.3. The molecule has 1 aromatic carbocycles. The molecular formula is C14H14N2O3. The highest BCUT2D eigenvalue weighted by molar-refractivity contribution is 6.06. The monoisotopic (exact) mass is 258 g/mol. The smallest absolute Gasteiger partial charge is 0.259 e. The Morgan fingerprint density at radius 2 is 1.89 bits per heavy atom. The van der Waals surface area contributed by atoms with Gasteiger partial charge in [0.25, 0.3) is 5.91 Å². The van der Waals surface area contributed by atoms with Crippen LogP contribution < -0.4 is 5.32 Å². The fourth-order valence-corrected chi connectivity index (χ4v) is 1.72. The van der Waals surface area contributed by atoms with Gasteiger partial charge in [-0.25, -0.2) is 0 Å². The minimum Gasteiger partial charge on any atom is -0.504 e. The molecule has 1 heterocycles. The van der Waals surface area contributed by atoms with Crippen LogP contribution in [0, 0.1) is 13.8 Å². The minimum atomic E-state index is -0.498. The van der Waals surface area contributed by atoms with Gasteiger partial charge in [-0.15, -0.1) is 0 Å². The van der Waals surface area contributed by atoms with E-state index in [-0.39, 0.29) is 11.3 Å². The van der Waals surface area contributed by atoms with Crippen LogP contribution in [0.4, 0.5) is 5.69 Å². The number of phenolic OH excluding ortho intramolecular Hbond substituents is 2. The van der Waals surface area contributed by atoms with Crippen molar-refractivity contribution in [1.82, 2.24) is 4.98 Å². The maximum atomic E-state index is 12.0. The first-order valence-corrected chi connectivity index (χ1v) is 5.75. The van der Waals surface area contributed by atoms with Crippen molar-refractivity contribution in [2.45, 2.75) is 13.8 Å². The van der Waals surface area contributed by atoms with Crippen LogP contribution in [0.3, 0.4) is 0 Å². The van der Waals surface area contributed by atoms with E-state index in [4.69, 9.17) is 0 Å². The SMILES string of the molecule is Cc1ccc(NC(=O)c2cccc(O)c2O)c(C)n1. The lowest BCUT2D eigenvalue weighted by atomic mass is 10.1. The average molecular weight is 258 g/mol. The molecule has 0 saturated heterocycles. The third-order valence-electron chi connectivity index (χ3n) is 2.73. The zero-order valence-electron chi connectivity index (χ0n) is 10.6. The van der Waals surface area contributed by atoms with E-state index in [2.05, 4.69) is 10.3 Å². The zero-order valence-corrected chi connectivity index (χ0v) is 10.6. The molecule has 0 unspecified atom stereocenters. The fourth-order valence-electron chi connectivity index (χ4n) is 1.72. The predicted molar refractivity (Wildman–Crippen MR) is 71.4 cm³/mol. The average Bonchev–Trinajstić information content (AvgIpc) is 2.36. The van der Waals surface area contributed by atoms with E-state index < -0.39 is 11.7 Å². The summed E-state index contributed by atoms with van der Waals surface area (Å²) in [6, 6.07) is 7.76. The van der Waals surface area contributed by atoms with Crippen LogP contribution in [0.15, 0.2) is 30.3 Å². The predicted octanol–water partition coefficient (Wildman–Crippen LogP) is 2.36. The number of amides is 1. The van der Waals surface area contributed by atoms with E-state index in [1.165, 1.54) is 18.2 Å². The molecule has 0 spiro atoms. The second-order valence-corrected chi connectivity index (χ2v) is 4.21. The zero-order chi connectivity index (χ0) is 14.0. The summed E-state index contributed by atoms with van der Waals surface area (Å²) < 4.78 is 0. The standard InChI is InChI=1S/C14H14N2O3/c1-8-6-7-11(9(2)15-8)16-14(19)10-4-3-5-12(17)13(10)18/h3-7,17-18H,1-2H3,(H,16,19). The Kier molecular flexibility index (Phi) is 3.37. The van der Waals surface area contributed by atoms with Crippen LogP contribution in [0.2, 0.25) is 0 Å². The molecule has 0 radical (unpaired) electrons. The largest absolute Gasteiger partial charge is 0.504 e. The van der Waals surface area contributed by atoms with Crippen molar-refractivity contribution in [3.63, 3.8) is 0 Å². The van der Waals surface area contributed by atoms with Crippen molar-refractivity contribution in [2.75, 3.05) is 5.32 Å². The molecular weight excluding hydrogens is 244 g/mol. The maximum absolute atomic E-state index is 12.0. The summed E-state index contributed by atoms with van der Waals surface area (Å²) in [6.45, 7) is 3.64. The van der Waals surface area contributed by atoms with E-state index in [1.807, 2.05) is 6.92 Å². The van der Waals surface area contributed by atoms with Crippen LogP contribution >= 0.6 is 0 Å². The molecule has 2 aromatic rings. The second kappa shape index (κ2) is 4.97. The highest BCUT2D eigenvalue weighted by Gasteiger charge is 2.14. The molecule has 0 aliphatic carbocycles. The summed E-state index contributed by atoms with van der Waals surface area (Å²) in [5, 5.41) is 21.6. The van der Waals surface area contributed by atoms with E-state index in [1.54, 1.807) is 19.1 Å². The molecule has 3 N–H and O–H groups in total. The third kappa shape index (κ3) is 2.65. The number of aromatic hydroxyl groups is 2. The lowest BCUT2D eigenvalue weighted by Gasteiger charge is -2.09. The van der Waals surface area contributed by atoms with Crippen LogP contribution in [-0.4, -0.2) is 21.1 Å². The topological polar surface area (TPSA) is 82.5 Å². The first-order valence-electron chi connectivity index (χ1n) is 5.75. The number of hydrogen-bond acceptors (Lipinski definition) is 4. The van der Waals surface area contributed by atoms with Gasteiger partial charge in [0.2, 0.25) is 0 Å². The van der Waals surface area contributed by atoms with Gasteiger partial charge in [-0.3, -0.25) is 9.78 Å². The van der Waals surface area contributed by atoms with Crippen molar-refractivity contribution in [2.24, 2.45) is 0 Å². The molecule has 19 heavy (non-hydrogen) atoms. The molecule has 0 aliphatic rings. The molecule has 0 atom stereocenters. The highest BCUT2D eigenvalue weighted by Crippen LogP contribution is 2.28. The summed E-state index contributed by atoms with van der Waals surface area (Å²) in [6.07, 6.45) is 0. The summed E-state index contributed by atoms with van der Waals surface area (Å²) >= 11 is 0. The number of para-hydroxylation sites is 1. The maximum Gasteiger partial charge on any atom is 0.259 e. The summed E-state index contributed by atoms with van der Waals surface area (Å²) in [4.78, 5) is 16.2. The Bertz CT molecular complexity index is 639. The molecule has 0 saturated carbocycles. The molecule has 1 amide bonds. The van der Waals surface area contributed by atoms with Gasteiger partial charge in [0.05, 0.1) is 16.9 Å². The Morgan fingerprint density at radius 3 is 2.58 bits per heavy atom.